The lowest BCUT2D eigenvalue weighted by Gasteiger charge is -2.19. The molecule has 0 saturated carbocycles. The first-order valence-electron chi connectivity index (χ1n) is 9.81. The van der Waals surface area contributed by atoms with Crippen LogP contribution >= 0.6 is 0 Å². The number of nitrogens with zero attached hydrogens (tertiary/aromatic N) is 3. The SMILES string of the molecule is CC(=O)Nc1ccc(S(=O)(=O)N[C@@H](C)C(=O)NC(C)c2ccc(-n3cncn3)cc2)cc1. The van der Waals surface area contributed by atoms with Crippen LogP contribution in [-0.4, -0.2) is 41.0 Å². The van der Waals surface area contributed by atoms with Crippen molar-refractivity contribution in [3.8, 4) is 5.69 Å². The van der Waals surface area contributed by atoms with Gasteiger partial charge in [0.2, 0.25) is 21.8 Å². The van der Waals surface area contributed by atoms with E-state index in [1.807, 2.05) is 31.2 Å². The molecule has 2 amide bonds. The number of nitrogens with one attached hydrogen (secondary N) is 3. The zero-order valence-electron chi connectivity index (χ0n) is 17.8. The predicted octanol–water partition coefficient (Wildman–Crippen LogP) is 1.77. The molecule has 0 aliphatic carbocycles. The Morgan fingerprint density at radius 1 is 1.00 bits per heavy atom. The van der Waals surface area contributed by atoms with E-state index < -0.39 is 22.0 Å². The lowest BCUT2D eigenvalue weighted by atomic mass is 10.1. The molecule has 11 heteroatoms. The van der Waals surface area contributed by atoms with E-state index in [9.17, 15) is 18.0 Å². The summed E-state index contributed by atoms with van der Waals surface area (Å²) in [5, 5.41) is 9.43. The highest BCUT2D eigenvalue weighted by atomic mass is 32.2. The summed E-state index contributed by atoms with van der Waals surface area (Å²) in [6.45, 7) is 4.64. The van der Waals surface area contributed by atoms with E-state index in [0.717, 1.165) is 11.3 Å². The number of aromatic nitrogens is 3. The van der Waals surface area contributed by atoms with Gasteiger partial charge in [-0.15, -0.1) is 0 Å². The molecule has 1 aromatic heterocycles. The molecule has 1 unspecified atom stereocenters. The number of hydrogen-bond donors (Lipinski definition) is 3. The minimum absolute atomic E-state index is 0.0111. The molecule has 0 fully saturated rings. The van der Waals surface area contributed by atoms with Gasteiger partial charge in [-0.1, -0.05) is 12.1 Å². The van der Waals surface area contributed by atoms with Gasteiger partial charge in [-0.05, 0) is 55.8 Å². The number of anilines is 1. The maximum Gasteiger partial charge on any atom is 0.241 e. The maximum atomic E-state index is 12.6. The first-order chi connectivity index (χ1) is 15.2. The Labute approximate surface area is 186 Å². The van der Waals surface area contributed by atoms with Crippen molar-refractivity contribution in [3.05, 3.63) is 66.7 Å². The Kier molecular flexibility index (Phi) is 7.01. The molecule has 0 spiro atoms. The number of rotatable bonds is 8. The quantitative estimate of drug-likeness (QED) is 0.473. The van der Waals surface area contributed by atoms with E-state index in [0.29, 0.717) is 5.69 Å². The number of hydrogen-bond acceptors (Lipinski definition) is 6. The number of benzene rings is 2. The average Bonchev–Trinajstić information content (AvgIpc) is 3.28. The summed E-state index contributed by atoms with van der Waals surface area (Å²) in [6.07, 6.45) is 3.03. The molecular formula is C21H24N6O4S. The summed E-state index contributed by atoms with van der Waals surface area (Å²) < 4.78 is 29.2. The van der Waals surface area contributed by atoms with Crippen molar-refractivity contribution in [2.75, 3.05) is 5.32 Å². The van der Waals surface area contributed by atoms with Gasteiger partial charge in [0.05, 0.1) is 22.7 Å². The van der Waals surface area contributed by atoms with Crippen molar-refractivity contribution >= 4 is 27.5 Å². The van der Waals surface area contributed by atoms with Crippen molar-refractivity contribution in [2.24, 2.45) is 0 Å². The van der Waals surface area contributed by atoms with Crippen LogP contribution in [0, 0.1) is 0 Å². The van der Waals surface area contributed by atoms with Crippen LogP contribution in [-0.2, 0) is 19.6 Å². The van der Waals surface area contributed by atoms with Crippen LogP contribution in [0.2, 0.25) is 0 Å². The normalized spacial score (nSPS) is 13.2. The fraction of sp³-hybridized carbons (Fsp3) is 0.238. The molecule has 2 atom stereocenters. The molecule has 3 aromatic rings. The molecule has 1 heterocycles. The smallest absolute Gasteiger partial charge is 0.241 e. The Hall–Kier alpha value is -3.57. The Bertz CT molecular complexity index is 1180. The van der Waals surface area contributed by atoms with Gasteiger partial charge in [-0.3, -0.25) is 9.59 Å². The van der Waals surface area contributed by atoms with Crippen LogP contribution in [0.3, 0.4) is 0 Å². The second-order valence-corrected chi connectivity index (χ2v) is 8.92. The monoisotopic (exact) mass is 456 g/mol. The standard InChI is InChI=1S/C21H24N6O4S/c1-14(17-4-8-19(9-5-17)27-13-22-12-23-27)24-21(29)15(2)26-32(30,31)20-10-6-18(7-11-20)25-16(3)28/h4-15,26H,1-3H3,(H,24,29)(H,25,28)/t14?,15-/m0/s1. The molecule has 168 valence electrons. The van der Waals surface area contributed by atoms with Crippen LogP contribution in [0.4, 0.5) is 5.69 Å². The van der Waals surface area contributed by atoms with Crippen LogP contribution in [0.25, 0.3) is 5.69 Å². The predicted molar refractivity (Wildman–Crippen MR) is 118 cm³/mol. The van der Waals surface area contributed by atoms with Gasteiger partial charge >= 0.3 is 0 Å². The third kappa shape index (κ3) is 5.77. The summed E-state index contributed by atoms with van der Waals surface area (Å²) in [6, 6.07) is 11.8. The van der Waals surface area contributed by atoms with E-state index in [2.05, 4.69) is 25.4 Å². The van der Waals surface area contributed by atoms with Crippen molar-refractivity contribution in [1.29, 1.82) is 0 Å². The molecule has 32 heavy (non-hydrogen) atoms. The van der Waals surface area contributed by atoms with Crippen LogP contribution < -0.4 is 15.4 Å². The molecule has 0 saturated heterocycles. The first kappa shape index (κ1) is 23.1. The van der Waals surface area contributed by atoms with Gasteiger partial charge in [0, 0.05) is 12.6 Å². The molecule has 10 nitrogen and oxygen atoms in total. The lowest BCUT2D eigenvalue weighted by Crippen LogP contribution is -2.45. The van der Waals surface area contributed by atoms with Crippen molar-refractivity contribution in [3.63, 3.8) is 0 Å². The Morgan fingerprint density at radius 2 is 1.66 bits per heavy atom. The molecular weight excluding hydrogens is 432 g/mol. The number of sulfonamides is 1. The van der Waals surface area contributed by atoms with Crippen LogP contribution in [0.1, 0.15) is 32.4 Å². The summed E-state index contributed by atoms with van der Waals surface area (Å²) >= 11 is 0. The summed E-state index contributed by atoms with van der Waals surface area (Å²) in [4.78, 5) is 27.5. The molecule has 0 bridgehead atoms. The Morgan fingerprint density at radius 3 is 2.22 bits per heavy atom. The fourth-order valence-electron chi connectivity index (χ4n) is 2.95. The third-order valence-corrected chi connectivity index (χ3v) is 6.20. The summed E-state index contributed by atoms with van der Waals surface area (Å²) in [5.74, 6) is -0.720. The zero-order valence-corrected chi connectivity index (χ0v) is 18.6. The van der Waals surface area contributed by atoms with E-state index in [1.54, 1.807) is 11.0 Å². The van der Waals surface area contributed by atoms with E-state index >= 15 is 0 Å². The van der Waals surface area contributed by atoms with E-state index in [1.165, 1.54) is 44.4 Å². The molecule has 0 aliphatic rings. The third-order valence-electron chi connectivity index (χ3n) is 4.65. The summed E-state index contributed by atoms with van der Waals surface area (Å²) in [7, 11) is -3.92. The molecule has 0 radical (unpaired) electrons. The number of amides is 2. The van der Waals surface area contributed by atoms with Gasteiger partial charge in [0.15, 0.2) is 0 Å². The zero-order chi connectivity index (χ0) is 23.3. The van der Waals surface area contributed by atoms with Crippen LogP contribution in [0.5, 0.6) is 0 Å². The number of carbonyl (C=O) groups is 2. The topological polar surface area (TPSA) is 135 Å². The first-order valence-corrected chi connectivity index (χ1v) is 11.3. The van der Waals surface area contributed by atoms with Crippen molar-refractivity contribution < 1.29 is 18.0 Å². The molecule has 0 aliphatic heterocycles. The molecule has 2 aromatic carbocycles. The molecule has 3 rings (SSSR count). The highest BCUT2D eigenvalue weighted by Gasteiger charge is 2.23. The largest absolute Gasteiger partial charge is 0.348 e. The van der Waals surface area contributed by atoms with E-state index in [4.69, 9.17) is 0 Å². The van der Waals surface area contributed by atoms with Gasteiger partial charge in [0.25, 0.3) is 0 Å². The maximum absolute atomic E-state index is 12.6. The van der Waals surface area contributed by atoms with Crippen LogP contribution in [0.15, 0.2) is 66.1 Å². The lowest BCUT2D eigenvalue weighted by molar-refractivity contribution is -0.123. The van der Waals surface area contributed by atoms with Gasteiger partial charge < -0.3 is 10.6 Å². The van der Waals surface area contributed by atoms with Crippen molar-refractivity contribution in [1.82, 2.24) is 24.8 Å². The Balaban J connectivity index is 1.60. The highest BCUT2D eigenvalue weighted by Crippen LogP contribution is 2.17. The van der Waals surface area contributed by atoms with Gasteiger partial charge in [-0.25, -0.2) is 18.1 Å². The second kappa shape index (κ2) is 9.71. The fourth-order valence-corrected chi connectivity index (χ4v) is 4.16. The summed E-state index contributed by atoms with van der Waals surface area (Å²) in [5.41, 5.74) is 2.16. The van der Waals surface area contributed by atoms with Gasteiger partial charge in [0.1, 0.15) is 12.7 Å². The minimum atomic E-state index is -3.92. The number of carbonyl (C=O) groups excluding carboxylic acids is 2. The van der Waals surface area contributed by atoms with Crippen molar-refractivity contribution in [2.45, 2.75) is 37.8 Å². The average molecular weight is 457 g/mol. The highest BCUT2D eigenvalue weighted by molar-refractivity contribution is 7.89. The molecule has 3 N–H and O–H groups in total. The minimum Gasteiger partial charge on any atom is -0.348 e. The van der Waals surface area contributed by atoms with Gasteiger partial charge in [-0.2, -0.15) is 9.82 Å². The second-order valence-electron chi connectivity index (χ2n) is 7.21. The van der Waals surface area contributed by atoms with E-state index in [-0.39, 0.29) is 16.8 Å².